The molecule has 2 aromatic rings. The summed E-state index contributed by atoms with van der Waals surface area (Å²) < 4.78 is 5.32. The molecule has 0 radical (unpaired) electrons. The van der Waals surface area contributed by atoms with E-state index >= 15 is 0 Å². The summed E-state index contributed by atoms with van der Waals surface area (Å²) in [5, 5.41) is 2.14. The van der Waals surface area contributed by atoms with Gasteiger partial charge in [-0.1, -0.05) is 12.1 Å². The van der Waals surface area contributed by atoms with Crippen molar-refractivity contribution in [1.82, 2.24) is 4.90 Å². The molecular formula is C17H24N2OS. The van der Waals surface area contributed by atoms with E-state index in [1.165, 1.54) is 10.4 Å². The average Bonchev–Trinajstić information content (AvgIpc) is 2.99. The zero-order valence-electron chi connectivity index (χ0n) is 13.0. The van der Waals surface area contributed by atoms with Gasteiger partial charge in [0.2, 0.25) is 0 Å². The monoisotopic (exact) mass is 304 g/mol. The first kappa shape index (κ1) is 16.0. The van der Waals surface area contributed by atoms with Crippen molar-refractivity contribution in [3.63, 3.8) is 0 Å². The van der Waals surface area contributed by atoms with Crippen LogP contribution >= 0.6 is 11.3 Å². The van der Waals surface area contributed by atoms with Gasteiger partial charge >= 0.3 is 0 Å². The number of methoxy groups -OCH3 is 1. The first-order valence-electron chi connectivity index (χ1n) is 7.22. The van der Waals surface area contributed by atoms with E-state index in [2.05, 4.69) is 48.5 Å². The largest absolute Gasteiger partial charge is 0.496 e. The van der Waals surface area contributed by atoms with Crippen LogP contribution in [0.5, 0.6) is 5.75 Å². The van der Waals surface area contributed by atoms with Gasteiger partial charge in [-0.2, -0.15) is 0 Å². The van der Waals surface area contributed by atoms with E-state index in [0.29, 0.717) is 12.6 Å². The Balaban J connectivity index is 2.00. The molecule has 2 N–H and O–H groups in total. The lowest BCUT2D eigenvalue weighted by Gasteiger charge is -2.24. The summed E-state index contributed by atoms with van der Waals surface area (Å²) >= 11 is 1.83. The number of hydrogen-bond donors (Lipinski definition) is 1. The minimum atomic E-state index is 0.505. The molecule has 114 valence electrons. The number of rotatable bonds is 7. The Kier molecular flexibility index (Phi) is 5.79. The van der Waals surface area contributed by atoms with Crippen LogP contribution in [-0.4, -0.2) is 25.1 Å². The number of ether oxygens (including phenoxy) is 1. The van der Waals surface area contributed by atoms with Gasteiger partial charge in [0.15, 0.2) is 0 Å². The van der Waals surface area contributed by atoms with E-state index in [1.807, 2.05) is 17.4 Å². The SMILES string of the molecule is COc1ccc(CN(C)C(C)Cc2cccs2)cc1CN. The van der Waals surface area contributed by atoms with Crippen LogP contribution < -0.4 is 10.5 Å². The van der Waals surface area contributed by atoms with Crippen molar-refractivity contribution in [3.05, 3.63) is 51.7 Å². The third-order valence-corrected chi connectivity index (χ3v) is 4.72. The summed E-state index contributed by atoms with van der Waals surface area (Å²) in [6, 6.07) is 11.1. The molecule has 0 saturated carbocycles. The molecular weight excluding hydrogens is 280 g/mol. The van der Waals surface area contributed by atoms with Crippen molar-refractivity contribution in [2.24, 2.45) is 5.73 Å². The van der Waals surface area contributed by atoms with Gasteiger partial charge in [0.25, 0.3) is 0 Å². The second kappa shape index (κ2) is 7.59. The highest BCUT2D eigenvalue weighted by molar-refractivity contribution is 7.09. The number of benzene rings is 1. The van der Waals surface area contributed by atoms with Crippen LogP contribution in [-0.2, 0) is 19.5 Å². The summed E-state index contributed by atoms with van der Waals surface area (Å²) in [6.45, 7) is 3.70. The fourth-order valence-corrected chi connectivity index (χ4v) is 3.24. The van der Waals surface area contributed by atoms with Gasteiger partial charge in [-0.25, -0.2) is 0 Å². The quantitative estimate of drug-likeness (QED) is 0.853. The van der Waals surface area contributed by atoms with Gasteiger partial charge in [-0.15, -0.1) is 11.3 Å². The summed E-state index contributed by atoms with van der Waals surface area (Å²) in [4.78, 5) is 3.81. The minimum absolute atomic E-state index is 0.505. The summed E-state index contributed by atoms with van der Waals surface area (Å²) in [7, 11) is 3.86. The highest BCUT2D eigenvalue weighted by Gasteiger charge is 2.12. The third kappa shape index (κ3) is 4.30. The van der Waals surface area contributed by atoms with Crippen LogP contribution in [0, 0.1) is 0 Å². The molecule has 0 saturated heterocycles. The van der Waals surface area contributed by atoms with Gasteiger partial charge < -0.3 is 10.5 Å². The number of likely N-dealkylation sites (N-methyl/N-ethyl adjacent to an activating group) is 1. The zero-order valence-corrected chi connectivity index (χ0v) is 13.8. The predicted molar refractivity (Wildman–Crippen MR) is 89.8 cm³/mol. The molecule has 1 unspecified atom stereocenters. The van der Waals surface area contributed by atoms with Crippen LogP contribution in [0.3, 0.4) is 0 Å². The summed E-state index contributed by atoms with van der Waals surface area (Å²) in [5.41, 5.74) is 8.12. The fourth-order valence-electron chi connectivity index (χ4n) is 2.41. The molecule has 4 heteroatoms. The van der Waals surface area contributed by atoms with Crippen LogP contribution in [0.15, 0.2) is 35.7 Å². The van der Waals surface area contributed by atoms with E-state index in [4.69, 9.17) is 10.5 Å². The lowest BCUT2D eigenvalue weighted by molar-refractivity contribution is 0.249. The Morgan fingerprint density at radius 1 is 1.33 bits per heavy atom. The van der Waals surface area contributed by atoms with Crippen LogP contribution in [0.2, 0.25) is 0 Å². The van der Waals surface area contributed by atoms with Gasteiger partial charge in [-0.3, -0.25) is 4.90 Å². The Bertz CT molecular complexity index is 554. The maximum atomic E-state index is 5.78. The van der Waals surface area contributed by atoms with Crippen molar-refractivity contribution in [2.75, 3.05) is 14.2 Å². The number of thiophene rings is 1. The minimum Gasteiger partial charge on any atom is -0.496 e. The molecule has 21 heavy (non-hydrogen) atoms. The molecule has 3 nitrogen and oxygen atoms in total. The number of hydrogen-bond acceptors (Lipinski definition) is 4. The van der Waals surface area contributed by atoms with Crippen molar-refractivity contribution in [2.45, 2.75) is 32.5 Å². The van der Waals surface area contributed by atoms with Crippen molar-refractivity contribution in [3.8, 4) is 5.75 Å². The van der Waals surface area contributed by atoms with Crippen LogP contribution in [0.4, 0.5) is 0 Å². The van der Waals surface area contributed by atoms with Crippen LogP contribution in [0.1, 0.15) is 22.9 Å². The van der Waals surface area contributed by atoms with Crippen LogP contribution in [0.25, 0.3) is 0 Å². The van der Waals surface area contributed by atoms with E-state index in [0.717, 1.165) is 24.3 Å². The van der Waals surface area contributed by atoms with E-state index in [-0.39, 0.29) is 0 Å². The molecule has 0 spiro atoms. The Labute approximate surface area is 131 Å². The van der Waals surface area contributed by atoms with Gasteiger partial charge in [-0.05, 0) is 49.5 Å². The normalized spacial score (nSPS) is 12.6. The van der Waals surface area contributed by atoms with Gasteiger partial charge in [0, 0.05) is 29.6 Å². The average molecular weight is 304 g/mol. The molecule has 1 aromatic heterocycles. The molecule has 0 fully saturated rings. The maximum Gasteiger partial charge on any atom is 0.123 e. The first-order valence-corrected chi connectivity index (χ1v) is 8.10. The fraction of sp³-hybridized carbons (Fsp3) is 0.412. The second-order valence-corrected chi connectivity index (χ2v) is 6.43. The van der Waals surface area contributed by atoms with E-state index < -0.39 is 0 Å². The topological polar surface area (TPSA) is 38.5 Å². The Hall–Kier alpha value is -1.36. The molecule has 1 atom stereocenters. The van der Waals surface area contributed by atoms with Gasteiger partial charge in [0.1, 0.15) is 5.75 Å². The molecule has 2 rings (SSSR count). The first-order chi connectivity index (χ1) is 10.1. The Morgan fingerprint density at radius 3 is 2.76 bits per heavy atom. The highest BCUT2D eigenvalue weighted by Crippen LogP contribution is 2.21. The number of nitrogens with two attached hydrogens (primary N) is 1. The molecule has 1 aromatic carbocycles. The van der Waals surface area contributed by atoms with Crippen molar-refractivity contribution >= 4 is 11.3 Å². The molecule has 0 aliphatic heterocycles. The third-order valence-electron chi connectivity index (χ3n) is 3.83. The summed E-state index contributed by atoms with van der Waals surface area (Å²) in [6.07, 6.45) is 1.09. The second-order valence-electron chi connectivity index (χ2n) is 5.40. The lowest BCUT2D eigenvalue weighted by atomic mass is 10.1. The maximum absolute atomic E-state index is 5.78. The summed E-state index contributed by atoms with van der Waals surface area (Å²) in [5.74, 6) is 0.871. The zero-order chi connectivity index (χ0) is 15.2. The van der Waals surface area contributed by atoms with Crippen molar-refractivity contribution < 1.29 is 4.74 Å². The van der Waals surface area contributed by atoms with E-state index in [9.17, 15) is 0 Å². The standard InChI is InChI=1S/C17H24N2OS/c1-13(9-16-5-4-8-21-16)19(2)12-14-6-7-17(20-3)15(10-14)11-18/h4-8,10,13H,9,11-12,18H2,1-3H3. The molecule has 1 heterocycles. The highest BCUT2D eigenvalue weighted by atomic mass is 32.1. The number of nitrogens with zero attached hydrogens (tertiary/aromatic N) is 1. The molecule has 0 bridgehead atoms. The molecule has 0 aliphatic rings. The van der Waals surface area contributed by atoms with E-state index in [1.54, 1.807) is 7.11 Å². The predicted octanol–water partition coefficient (Wildman–Crippen LogP) is 3.28. The smallest absolute Gasteiger partial charge is 0.123 e. The Morgan fingerprint density at radius 2 is 2.14 bits per heavy atom. The van der Waals surface area contributed by atoms with Crippen molar-refractivity contribution in [1.29, 1.82) is 0 Å². The molecule has 0 amide bonds. The lowest BCUT2D eigenvalue weighted by Crippen LogP contribution is -2.30. The molecule has 0 aliphatic carbocycles. The van der Waals surface area contributed by atoms with Gasteiger partial charge in [0.05, 0.1) is 7.11 Å².